The number of amides is 2. The van der Waals surface area contributed by atoms with Gasteiger partial charge in [-0.25, -0.2) is 9.59 Å². The van der Waals surface area contributed by atoms with Gasteiger partial charge in [0.2, 0.25) is 0 Å². The highest BCUT2D eigenvalue weighted by molar-refractivity contribution is 8.00. The predicted molar refractivity (Wildman–Crippen MR) is 81.4 cm³/mol. The zero-order valence-corrected chi connectivity index (χ0v) is 12.6. The van der Waals surface area contributed by atoms with E-state index in [1.54, 1.807) is 0 Å². The molecule has 1 saturated heterocycles. The summed E-state index contributed by atoms with van der Waals surface area (Å²) in [5.41, 5.74) is 2.53. The molecule has 0 bridgehead atoms. The molecule has 2 amide bonds. The lowest BCUT2D eigenvalue weighted by molar-refractivity contribution is -0.141. The van der Waals surface area contributed by atoms with E-state index in [2.05, 4.69) is 17.4 Å². The van der Waals surface area contributed by atoms with Crippen LogP contribution in [0, 0.1) is 0 Å². The number of carboxylic acid groups (broad SMARTS) is 1. The fourth-order valence-corrected chi connectivity index (χ4v) is 4.22. The SMILES string of the molecule is CC1SCC(C(=O)O)N1C(=O)NC1Cc2ccccc2C1. The number of hydrogen-bond acceptors (Lipinski definition) is 3. The number of fused-ring (bicyclic) bond motifs is 1. The monoisotopic (exact) mass is 306 g/mol. The van der Waals surface area contributed by atoms with Crippen molar-refractivity contribution in [1.29, 1.82) is 0 Å². The van der Waals surface area contributed by atoms with E-state index in [0.717, 1.165) is 12.8 Å². The van der Waals surface area contributed by atoms with Crippen molar-refractivity contribution in [3.05, 3.63) is 35.4 Å². The molecule has 0 aromatic heterocycles. The van der Waals surface area contributed by atoms with Crippen LogP contribution in [0.15, 0.2) is 24.3 Å². The van der Waals surface area contributed by atoms with Crippen LogP contribution in [-0.4, -0.2) is 45.2 Å². The van der Waals surface area contributed by atoms with E-state index in [1.165, 1.54) is 27.8 Å². The fraction of sp³-hybridized carbons (Fsp3) is 0.467. The van der Waals surface area contributed by atoms with Crippen LogP contribution in [0.25, 0.3) is 0 Å². The van der Waals surface area contributed by atoms with E-state index in [-0.39, 0.29) is 17.4 Å². The molecule has 2 N–H and O–H groups in total. The van der Waals surface area contributed by atoms with Gasteiger partial charge in [-0.1, -0.05) is 24.3 Å². The maximum Gasteiger partial charge on any atom is 0.327 e. The maximum absolute atomic E-state index is 12.4. The molecule has 1 fully saturated rings. The minimum Gasteiger partial charge on any atom is -0.480 e. The van der Waals surface area contributed by atoms with Crippen LogP contribution in [0.4, 0.5) is 4.79 Å². The zero-order chi connectivity index (χ0) is 15.0. The Kier molecular flexibility index (Phi) is 3.80. The van der Waals surface area contributed by atoms with Gasteiger partial charge in [-0.3, -0.25) is 4.90 Å². The molecule has 1 aliphatic heterocycles. The van der Waals surface area contributed by atoms with Gasteiger partial charge in [0, 0.05) is 11.8 Å². The van der Waals surface area contributed by atoms with Gasteiger partial charge in [0.25, 0.3) is 0 Å². The van der Waals surface area contributed by atoms with Crippen LogP contribution >= 0.6 is 11.8 Å². The van der Waals surface area contributed by atoms with E-state index in [9.17, 15) is 14.7 Å². The standard InChI is InChI=1S/C15H18N2O3S/c1-9-17(13(8-21-9)14(18)19)15(20)16-12-6-10-4-2-3-5-11(10)7-12/h2-5,9,12-13H,6-8H2,1H3,(H,16,20)(H,18,19). The van der Waals surface area contributed by atoms with Gasteiger partial charge in [-0.05, 0) is 30.9 Å². The third-order valence-electron chi connectivity index (χ3n) is 4.12. The summed E-state index contributed by atoms with van der Waals surface area (Å²) in [6.45, 7) is 1.87. The van der Waals surface area contributed by atoms with Gasteiger partial charge in [0.15, 0.2) is 0 Å². The summed E-state index contributed by atoms with van der Waals surface area (Å²) >= 11 is 1.50. The van der Waals surface area contributed by atoms with Crippen molar-refractivity contribution < 1.29 is 14.7 Å². The number of nitrogens with zero attached hydrogens (tertiary/aromatic N) is 1. The molecular formula is C15H18N2O3S. The molecule has 3 rings (SSSR count). The first kappa shape index (κ1) is 14.3. The van der Waals surface area contributed by atoms with Crippen molar-refractivity contribution in [3.8, 4) is 0 Å². The Labute approximate surface area is 127 Å². The number of rotatable bonds is 2. The van der Waals surface area contributed by atoms with Crippen LogP contribution in [0.3, 0.4) is 0 Å². The van der Waals surface area contributed by atoms with Crippen molar-refractivity contribution in [2.24, 2.45) is 0 Å². The smallest absolute Gasteiger partial charge is 0.327 e. The normalized spacial score (nSPS) is 24.9. The molecular weight excluding hydrogens is 288 g/mol. The Morgan fingerprint density at radius 2 is 1.90 bits per heavy atom. The molecule has 6 heteroatoms. The number of carbonyl (C=O) groups is 2. The molecule has 2 unspecified atom stereocenters. The Hall–Kier alpha value is -1.69. The van der Waals surface area contributed by atoms with Crippen molar-refractivity contribution in [1.82, 2.24) is 10.2 Å². The van der Waals surface area contributed by atoms with Gasteiger partial charge < -0.3 is 10.4 Å². The Balaban J connectivity index is 1.66. The number of urea groups is 1. The average Bonchev–Trinajstić information content (AvgIpc) is 3.01. The molecule has 21 heavy (non-hydrogen) atoms. The number of carbonyl (C=O) groups excluding carboxylic acids is 1. The number of thioether (sulfide) groups is 1. The van der Waals surface area contributed by atoms with E-state index >= 15 is 0 Å². The first-order chi connectivity index (χ1) is 10.1. The molecule has 2 atom stereocenters. The highest BCUT2D eigenvalue weighted by Crippen LogP contribution is 2.29. The van der Waals surface area contributed by atoms with Gasteiger partial charge in [-0.2, -0.15) is 0 Å². The topological polar surface area (TPSA) is 69.6 Å². The molecule has 1 aromatic rings. The Morgan fingerprint density at radius 1 is 1.29 bits per heavy atom. The quantitative estimate of drug-likeness (QED) is 0.873. The highest BCUT2D eigenvalue weighted by atomic mass is 32.2. The molecule has 0 saturated carbocycles. The first-order valence-electron chi connectivity index (χ1n) is 7.06. The fourth-order valence-electron chi connectivity index (χ4n) is 3.05. The maximum atomic E-state index is 12.4. The van der Waals surface area contributed by atoms with E-state index in [4.69, 9.17) is 0 Å². The van der Waals surface area contributed by atoms with Crippen LogP contribution in [0.5, 0.6) is 0 Å². The predicted octanol–water partition coefficient (Wildman–Crippen LogP) is 1.71. The first-order valence-corrected chi connectivity index (χ1v) is 8.11. The number of benzene rings is 1. The van der Waals surface area contributed by atoms with Crippen LogP contribution in [-0.2, 0) is 17.6 Å². The second-order valence-corrected chi connectivity index (χ2v) is 6.87. The Morgan fingerprint density at radius 3 is 2.48 bits per heavy atom. The zero-order valence-electron chi connectivity index (χ0n) is 11.8. The van der Waals surface area contributed by atoms with Gasteiger partial charge in [-0.15, -0.1) is 11.8 Å². The summed E-state index contributed by atoms with van der Waals surface area (Å²) in [7, 11) is 0. The minimum atomic E-state index is -0.934. The van der Waals surface area contributed by atoms with Gasteiger partial charge >= 0.3 is 12.0 Å². The summed E-state index contributed by atoms with van der Waals surface area (Å²) in [5.74, 6) is -0.480. The largest absolute Gasteiger partial charge is 0.480 e. The average molecular weight is 306 g/mol. The molecule has 0 radical (unpaired) electrons. The molecule has 2 aliphatic rings. The number of carboxylic acids is 1. The second kappa shape index (κ2) is 5.60. The molecule has 112 valence electrons. The van der Waals surface area contributed by atoms with E-state index in [0.29, 0.717) is 5.75 Å². The minimum absolute atomic E-state index is 0.0575. The van der Waals surface area contributed by atoms with Crippen molar-refractivity contribution in [2.45, 2.75) is 37.2 Å². The third kappa shape index (κ3) is 2.72. The van der Waals surface area contributed by atoms with Crippen molar-refractivity contribution in [3.63, 3.8) is 0 Å². The lowest BCUT2D eigenvalue weighted by atomic mass is 10.1. The van der Waals surface area contributed by atoms with Crippen molar-refractivity contribution >= 4 is 23.8 Å². The number of aliphatic carboxylic acids is 1. The van der Waals surface area contributed by atoms with Crippen LogP contribution < -0.4 is 5.32 Å². The molecule has 1 heterocycles. The van der Waals surface area contributed by atoms with Crippen LogP contribution in [0.2, 0.25) is 0 Å². The summed E-state index contributed by atoms with van der Waals surface area (Å²) in [5, 5.41) is 12.1. The Bertz CT molecular complexity index is 553. The van der Waals surface area contributed by atoms with E-state index in [1.807, 2.05) is 19.1 Å². The van der Waals surface area contributed by atoms with Crippen LogP contribution in [0.1, 0.15) is 18.1 Å². The lowest BCUT2D eigenvalue weighted by Crippen LogP contribution is -2.52. The summed E-state index contributed by atoms with van der Waals surface area (Å²) in [4.78, 5) is 25.1. The summed E-state index contributed by atoms with van der Waals surface area (Å²) in [6.07, 6.45) is 1.63. The van der Waals surface area contributed by atoms with Gasteiger partial charge in [0.1, 0.15) is 6.04 Å². The lowest BCUT2D eigenvalue weighted by Gasteiger charge is -2.27. The number of nitrogens with one attached hydrogen (secondary N) is 1. The molecule has 1 aromatic carbocycles. The second-order valence-electron chi connectivity index (χ2n) is 5.52. The van der Waals surface area contributed by atoms with Crippen molar-refractivity contribution in [2.75, 3.05) is 5.75 Å². The van der Waals surface area contributed by atoms with E-state index < -0.39 is 12.0 Å². The van der Waals surface area contributed by atoms with Gasteiger partial charge in [0.05, 0.1) is 5.37 Å². The molecule has 1 aliphatic carbocycles. The summed E-state index contributed by atoms with van der Waals surface area (Å²) in [6, 6.07) is 7.23. The number of hydrogen-bond donors (Lipinski definition) is 2. The third-order valence-corrected chi connectivity index (χ3v) is 5.34. The molecule has 5 nitrogen and oxygen atoms in total. The molecule has 0 spiro atoms. The highest BCUT2D eigenvalue weighted by Gasteiger charge is 2.40. The summed E-state index contributed by atoms with van der Waals surface area (Å²) < 4.78 is 0.